The molecular formula is C24H14Cl5F3N2O2. The SMILES string of the molecule is O=C(Nc1cc(F)c(F)c(CF)c1)c1cc(NC(=O)C2C(c3cc(Cl)cc(Cl)c3)C2(Cl)Cl)ccc1Cl. The van der Waals surface area contributed by atoms with Crippen molar-refractivity contribution in [2.45, 2.75) is 16.9 Å². The molecule has 2 N–H and O–H groups in total. The molecule has 2 amide bonds. The summed E-state index contributed by atoms with van der Waals surface area (Å²) in [7, 11) is 0. The molecular weight excluding hydrogens is 583 g/mol. The zero-order valence-corrected chi connectivity index (χ0v) is 21.6. The van der Waals surface area contributed by atoms with Crippen molar-refractivity contribution in [3.05, 3.63) is 91.9 Å². The Hall–Kier alpha value is -2.16. The predicted octanol–water partition coefficient (Wildman–Crippen LogP) is 8.17. The highest BCUT2D eigenvalue weighted by Crippen LogP contribution is 2.65. The van der Waals surface area contributed by atoms with Crippen molar-refractivity contribution in [3.63, 3.8) is 0 Å². The van der Waals surface area contributed by atoms with Crippen LogP contribution in [-0.4, -0.2) is 16.1 Å². The second-order valence-electron chi connectivity index (χ2n) is 8.04. The number of carbonyl (C=O) groups excluding carboxylic acids is 2. The molecule has 0 spiro atoms. The maximum absolute atomic E-state index is 13.7. The number of alkyl halides is 3. The lowest BCUT2D eigenvalue weighted by Crippen LogP contribution is -2.18. The van der Waals surface area contributed by atoms with Crippen molar-refractivity contribution < 1.29 is 22.8 Å². The minimum Gasteiger partial charge on any atom is -0.326 e. The van der Waals surface area contributed by atoms with E-state index in [9.17, 15) is 22.8 Å². The molecule has 4 nitrogen and oxygen atoms in total. The first-order chi connectivity index (χ1) is 16.9. The minimum atomic E-state index is -1.41. The number of nitrogens with one attached hydrogen (secondary N) is 2. The Bertz CT molecular complexity index is 1370. The molecule has 1 aliphatic carbocycles. The molecule has 2 atom stereocenters. The first-order valence-electron chi connectivity index (χ1n) is 10.2. The summed E-state index contributed by atoms with van der Waals surface area (Å²) in [6.07, 6.45) is 0. The molecule has 0 radical (unpaired) electrons. The highest BCUT2D eigenvalue weighted by Gasteiger charge is 2.67. The van der Waals surface area contributed by atoms with Crippen LogP contribution < -0.4 is 10.6 Å². The Labute approximate surface area is 228 Å². The van der Waals surface area contributed by atoms with E-state index >= 15 is 0 Å². The van der Waals surface area contributed by atoms with Crippen LogP contribution in [0.3, 0.4) is 0 Å². The third-order valence-corrected chi connectivity index (χ3v) is 7.27. The number of benzene rings is 3. The van der Waals surface area contributed by atoms with E-state index in [1.54, 1.807) is 12.1 Å². The van der Waals surface area contributed by atoms with E-state index in [2.05, 4.69) is 10.6 Å². The van der Waals surface area contributed by atoms with Crippen LogP contribution in [0.2, 0.25) is 15.1 Å². The molecule has 3 aromatic rings. The van der Waals surface area contributed by atoms with Gasteiger partial charge in [-0.2, -0.15) is 0 Å². The molecule has 0 bridgehead atoms. The molecule has 188 valence electrons. The lowest BCUT2D eigenvalue weighted by molar-refractivity contribution is -0.117. The van der Waals surface area contributed by atoms with Crippen molar-refractivity contribution in [3.8, 4) is 0 Å². The van der Waals surface area contributed by atoms with E-state index in [0.29, 0.717) is 21.7 Å². The minimum absolute atomic E-state index is 0.0145. The Balaban J connectivity index is 1.52. The quantitative estimate of drug-likeness (QED) is 0.282. The van der Waals surface area contributed by atoms with E-state index < -0.39 is 51.9 Å². The monoisotopic (exact) mass is 594 g/mol. The van der Waals surface area contributed by atoms with Crippen LogP contribution in [-0.2, 0) is 11.5 Å². The molecule has 2 unspecified atom stereocenters. The number of hydrogen-bond acceptors (Lipinski definition) is 2. The van der Waals surface area contributed by atoms with Gasteiger partial charge in [0.05, 0.1) is 16.5 Å². The molecule has 0 saturated heterocycles. The van der Waals surface area contributed by atoms with Crippen LogP contribution in [0.25, 0.3) is 0 Å². The molecule has 36 heavy (non-hydrogen) atoms. The van der Waals surface area contributed by atoms with Gasteiger partial charge in [-0.25, -0.2) is 13.2 Å². The largest absolute Gasteiger partial charge is 0.326 e. The third-order valence-electron chi connectivity index (χ3n) is 5.56. The summed E-state index contributed by atoms with van der Waals surface area (Å²) in [4.78, 5) is 25.7. The molecule has 1 fully saturated rings. The summed E-state index contributed by atoms with van der Waals surface area (Å²) in [6.45, 7) is -1.26. The van der Waals surface area contributed by atoms with Crippen LogP contribution in [0, 0.1) is 17.6 Å². The van der Waals surface area contributed by atoms with Crippen LogP contribution >= 0.6 is 58.0 Å². The van der Waals surface area contributed by atoms with E-state index in [1.165, 1.54) is 24.3 Å². The van der Waals surface area contributed by atoms with Crippen molar-refractivity contribution >= 4 is 81.2 Å². The molecule has 4 rings (SSSR count). The van der Waals surface area contributed by atoms with E-state index in [1.807, 2.05) is 0 Å². The van der Waals surface area contributed by atoms with Crippen LogP contribution in [0.5, 0.6) is 0 Å². The lowest BCUT2D eigenvalue weighted by atomic mass is 10.1. The van der Waals surface area contributed by atoms with Crippen molar-refractivity contribution in [2.24, 2.45) is 5.92 Å². The highest BCUT2D eigenvalue weighted by atomic mass is 35.5. The first-order valence-corrected chi connectivity index (χ1v) is 12.1. The maximum atomic E-state index is 13.7. The number of hydrogen-bond donors (Lipinski definition) is 2. The third kappa shape index (κ3) is 5.41. The van der Waals surface area contributed by atoms with E-state index in [0.717, 1.165) is 6.07 Å². The standard InChI is InChI=1S/C24H14Cl5F3N2O2/c25-12-3-10(4-13(26)6-12)19-20(24(19,28)29)23(36)33-14-1-2-17(27)16(7-14)22(35)34-15-5-11(9-30)21(32)18(31)8-15/h1-8,19-20H,9H2,(H,33,36)(H,34,35). The van der Waals surface area contributed by atoms with Gasteiger partial charge in [0.1, 0.15) is 11.0 Å². The Morgan fingerprint density at radius 2 is 1.56 bits per heavy atom. The van der Waals surface area contributed by atoms with Gasteiger partial charge in [-0.15, -0.1) is 23.2 Å². The fourth-order valence-corrected chi connectivity index (χ4v) is 5.41. The molecule has 0 aromatic heterocycles. The normalized spacial score (nSPS) is 18.0. The van der Waals surface area contributed by atoms with Gasteiger partial charge in [0.25, 0.3) is 5.91 Å². The van der Waals surface area contributed by atoms with Gasteiger partial charge in [-0.3, -0.25) is 9.59 Å². The Morgan fingerprint density at radius 1 is 0.889 bits per heavy atom. The van der Waals surface area contributed by atoms with Gasteiger partial charge in [0, 0.05) is 39.0 Å². The Morgan fingerprint density at radius 3 is 2.19 bits per heavy atom. The predicted molar refractivity (Wildman–Crippen MR) is 136 cm³/mol. The van der Waals surface area contributed by atoms with Gasteiger partial charge in [0.2, 0.25) is 5.91 Å². The van der Waals surface area contributed by atoms with Gasteiger partial charge >= 0.3 is 0 Å². The fourth-order valence-electron chi connectivity index (χ4n) is 3.83. The summed E-state index contributed by atoms with van der Waals surface area (Å²) in [5.74, 6) is -5.41. The van der Waals surface area contributed by atoms with Gasteiger partial charge in [-0.05, 0) is 48.0 Å². The molecule has 12 heteroatoms. The van der Waals surface area contributed by atoms with E-state index in [-0.39, 0.29) is 22.0 Å². The Kier molecular flexibility index (Phi) is 7.70. The maximum Gasteiger partial charge on any atom is 0.257 e. The van der Waals surface area contributed by atoms with Crippen LogP contribution in [0.15, 0.2) is 48.5 Å². The summed E-state index contributed by atoms with van der Waals surface area (Å²) < 4.78 is 38.8. The van der Waals surface area contributed by atoms with Gasteiger partial charge < -0.3 is 10.6 Å². The number of rotatable bonds is 6. The zero-order valence-electron chi connectivity index (χ0n) is 17.8. The number of amides is 2. The zero-order chi connectivity index (χ0) is 26.4. The highest BCUT2D eigenvalue weighted by molar-refractivity contribution is 6.53. The number of anilines is 2. The van der Waals surface area contributed by atoms with Gasteiger partial charge in [-0.1, -0.05) is 34.8 Å². The molecule has 1 aliphatic rings. The summed E-state index contributed by atoms with van der Waals surface area (Å²) in [5.41, 5.74) is -0.0238. The summed E-state index contributed by atoms with van der Waals surface area (Å²) in [5, 5.41) is 5.71. The molecule has 0 aliphatic heterocycles. The smallest absolute Gasteiger partial charge is 0.257 e. The summed E-state index contributed by atoms with van der Waals surface area (Å²) in [6, 6.07) is 10.5. The van der Waals surface area contributed by atoms with Gasteiger partial charge in [0.15, 0.2) is 11.6 Å². The van der Waals surface area contributed by atoms with Crippen LogP contribution in [0.4, 0.5) is 24.5 Å². The average Bonchev–Trinajstić information content (AvgIpc) is 3.38. The van der Waals surface area contributed by atoms with Crippen molar-refractivity contribution in [1.29, 1.82) is 0 Å². The topological polar surface area (TPSA) is 58.2 Å². The van der Waals surface area contributed by atoms with Crippen molar-refractivity contribution in [2.75, 3.05) is 10.6 Å². The number of halogens is 8. The number of carbonyl (C=O) groups is 2. The fraction of sp³-hybridized carbons (Fsp3) is 0.167. The second kappa shape index (κ2) is 10.3. The van der Waals surface area contributed by atoms with Crippen LogP contribution in [0.1, 0.15) is 27.4 Å². The average molecular weight is 597 g/mol. The molecule has 3 aromatic carbocycles. The molecule has 0 heterocycles. The first kappa shape index (κ1) is 26.9. The molecule has 1 saturated carbocycles. The lowest BCUT2D eigenvalue weighted by Gasteiger charge is -2.11. The van der Waals surface area contributed by atoms with Crippen molar-refractivity contribution in [1.82, 2.24) is 0 Å². The second-order valence-corrected chi connectivity index (χ2v) is 10.8. The van der Waals surface area contributed by atoms with E-state index in [4.69, 9.17) is 58.0 Å². The summed E-state index contributed by atoms with van der Waals surface area (Å²) >= 11 is 31.0.